The van der Waals surface area contributed by atoms with Crippen LogP contribution >= 0.6 is 0 Å². The molecule has 0 aliphatic carbocycles. The van der Waals surface area contributed by atoms with Crippen LogP contribution in [0.4, 0.5) is 0 Å². The Morgan fingerprint density at radius 1 is 1.44 bits per heavy atom. The Morgan fingerprint density at radius 3 is 3.00 bits per heavy atom. The molecule has 0 spiro atoms. The fourth-order valence-corrected chi connectivity index (χ4v) is 2.87. The van der Waals surface area contributed by atoms with Crippen molar-refractivity contribution in [1.82, 2.24) is 15.0 Å². The number of hydrogen-bond donors (Lipinski definition) is 1. The molecule has 0 unspecified atom stereocenters. The Kier molecular flexibility index (Phi) is 4.97. The van der Waals surface area contributed by atoms with Gasteiger partial charge in [-0.2, -0.15) is 4.98 Å². The van der Waals surface area contributed by atoms with E-state index in [2.05, 4.69) is 10.1 Å². The molecule has 0 saturated carbocycles. The summed E-state index contributed by atoms with van der Waals surface area (Å²) in [5.74, 6) is 1.03. The number of ether oxygens (including phenoxy) is 1. The van der Waals surface area contributed by atoms with Gasteiger partial charge in [-0.05, 0) is 31.0 Å². The zero-order chi connectivity index (χ0) is 17.8. The molecule has 1 saturated heterocycles. The minimum Gasteiger partial charge on any atom is -0.484 e. The number of carbonyl (C=O) groups excluding carboxylic acids is 2. The molecule has 1 aliphatic rings. The van der Waals surface area contributed by atoms with Gasteiger partial charge in [-0.3, -0.25) is 9.59 Å². The van der Waals surface area contributed by atoms with Crippen LogP contribution in [0.3, 0.4) is 0 Å². The number of piperidine rings is 1. The van der Waals surface area contributed by atoms with Gasteiger partial charge in [0, 0.05) is 31.5 Å². The average Bonchev–Trinajstić information content (AvgIpc) is 3.06. The number of nitrogens with two attached hydrogens (primary N) is 1. The lowest BCUT2D eigenvalue weighted by atomic mass is 9.97. The monoisotopic (exact) mass is 344 g/mol. The Hall–Kier alpha value is -2.90. The first kappa shape index (κ1) is 16.9. The number of aromatic nitrogens is 2. The van der Waals surface area contributed by atoms with Crippen molar-refractivity contribution in [2.45, 2.75) is 25.7 Å². The molecule has 2 N–H and O–H groups in total. The van der Waals surface area contributed by atoms with Crippen LogP contribution in [0, 0.1) is 6.92 Å². The van der Waals surface area contributed by atoms with Crippen molar-refractivity contribution in [3.8, 4) is 5.75 Å². The van der Waals surface area contributed by atoms with Crippen LogP contribution < -0.4 is 10.5 Å². The van der Waals surface area contributed by atoms with Crippen LogP contribution in [0.15, 0.2) is 28.8 Å². The summed E-state index contributed by atoms with van der Waals surface area (Å²) in [5.41, 5.74) is 5.58. The topological polar surface area (TPSA) is 112 Å². The van der Waals surface area contributed by atoms with Gasteiger partial charge in [0.1, 0.15) is 5.75 Å². The zero-order valence-electron chi connectivity index (χ0n) is 14.0. The summed E-state index contributed by atoms with van der Waals surface area (Å²) >= 11 is 0. The molecular formula is C17H20N4O4. The van der Waals surface area contributed by atoms with Gasteiger partial charge in [0.25, 0.3) is 5.91 Å². The van der Waals surface area contributed by atoms with E-state index >= 15 is 0 Å². The summed E-state index contributed by atoms with van der Waals surface area (Å²) in [5, 5.41) is 3.95. The maximum atomic E-state index is 12.4. The largest absolute Gasteiger partial charge is 0.484 e. The van der Waals surface area contributed by atoms with E-state index in [0.717, 1.165) is 12.8 Å². The SMILES string of the molecule is Cc1nc([C@H]2CCCN(C(=O)COc3cccc(C(N)=O)c3)C2)no1. The minimum atomic E-state index is -0.536. The summed E-state index contributed by atoms with van der Waals surface area (Å²) < 4.78 is 10.5. The number of nitrogens with zero attached hydrogens (tertiary/aromatic N) is 3. The molecule has 1 fully saturated rings. The number of likely N-dealkylation sites (tertiary alicyclic amines) is 1. The number of rotatable bonds is 5. The fraction of sp³-hybridized carbons (Fsp3) is 0.412. The molecule has 2 aromatic rings. The average molecular weight is 344 g/mol. The number of carbonyl (C=O) groups is 2. The van der Waals surface area contributed by atoms with Gasteiger partial charge in [-0.1, -0.05) is 11.2 Å². The van der Waals surface area contributed by atoms with Gasteiger partial charge in [-0.25, -0.2) is 0 Å². The van der Waals surface area contributed by atoms with Crippen molar-refractivity contribution in [1.29, 1.82) is 0 Å². The highest BCUT2D eigenvalue weighted by Gasteiger charge is 2.27. The van der Waals surface area contributed by atoms with Crippen LogP contribution in [-0.2, 0) is 4.79 Å². The van der Waals surface area contributed by atoms with Crippen molar-refractivity contribution in [3.63, 3.8) is 0 Å². The van der Waals surface area contributed by atoms with Gasteiger partial charge in [0.05, 0.1) is 0 Å². The van der Waals surface area contributed by atoms with Crippen LogP contribution in [0.25, 0.3) is 0 Å². The third-order valence-electron chi connectivity index (χ3n) is 4.16. The van der Waals surface area contributed by atoms with E-state index in [1.165, 1.54) is 6.07 Å². The Labute approximate surface area is 144 Å². The van der Waals surface area contributed by atoms with Crippen molar-refractivity contribution in [3.05, 3.63) is 41.5 Å². The zero-order valence-corrected chi connectivity index (χ0v) is 14.0. The Bertz CT molecular complexity index is 774. The van der Waals surface area contributed by atoms with Gasteiger partial charge < -0.3 is 19.9 Å². The van der Waals surface area contributed by atoms with Crippen molar-refractivity contribution < 1.29 is 18.8 Å². The molecule has 8 nitrogen and oxygen atoms in total. The molecule has 1 aromatic heterocycles. The first-order chi connectivity index (χ1) is 12.0. The van der Waals surface area contributed by atoms with E-state index in [1.807, 2.05) is 0 Å². The second-order valence-corrected chi connectivity index (χ2v) is 6.03. The Balaban J connectivity index is 1.57. The highest BCUT2D eigenvalue weighted by Crippen LogP contribution is 2.25. The lowest BCUT2D eigenvalue weighted by molar-refractivity contribution is -0.134. The van der Waals surface area contributed by atoms with Crippen LogP contribution in [0.1, 0.15) is 40.8 Å². The number of primary amides is 1. The summed E-state index contributed by atoms with van der Waals surface area (Å²) in [4.78, 5) is 29.6. The predicted molar refractivity (Wildman–Crippen MR) is 88.0 cm³/mol. The number of benzene rings is 1. The molecule has 1 aliphatic heterocycles. The van der Waals surface area contributed by atoms with E-state index in [0.29, 0.717) is 36.1 Å². The molecule has 8 heteroatoms. The highest BCUT2D eigenvalue weighted by molar-refractivity contribution is 5.93. The molecule has 0 bridgehead atoms. The normalized spacial score (nSPS) is 17.3. The highest BCUT2D eigenvalue weighted by atomic mass is 16.5. The van der Waals surface area contributed by atoms with Crippen LogP contribution in [-0.4, -0.2) is 46.6 Å². The van der Waals surface area contributed by atoms with E-state index in [4.69, 9.17) is 15.0 Å². The molecule has 0 radical (unpaired) electrons. The number of aryl methyl sites for hydroxylation is 1. The predicted octanol–water partition coefficient (Wildman–Crippen LogP) is 1.26. The van der Waals surface area contributed by atoms with E-state index in [-0.39, 0.29) is 18.4 Å². The van der Waals surface area contributed by atoms with E-state index in [9.17, 15) is 9.59 Å². The van der Waals surface area contributed by atoms with Crippen molar-refractivity contribution in [2.24, 2.45) is 5.73 Å². The summed E-state index contributed by atoms with van der Waals surface area (Å²) in [6, 6.07) is 6.46. The van der Waals surface area contributed by atoms with Crippen LogP contribution in [0.2, 0.25) is 0 Å². The summed E-state index contributed by atoms with van der Waals surface area (Å²) in [7, 11) is 0. The maximum Gasteiger partial charge on any atom is 0.260 e. The molecule has 25 heavy (non-hydrogen) atoms. The minimum absolute atomic E-state index is 0.0772. The first-order valence-electron chi connectivity index (χ1n) is 8.13. The third-order valence-corrected chi connectivity index (χ3v) is 4.16. The number of amides is 2. The Morgan fingerprint density at radius 2 is 2.28 bits per heavy atom. The lowest BCUT2D eigenvalue weighted by Gasteiger charge is -2.31. The third kappa shape index (κ3) is 4.14. The van der Waals surface area contributed by atoms with E-state index < -0.39 is 5.91 Å². The molecule has 1 aromatic carbocycles. The van der Waals surface area contributed by atoms with Crippen molar-refractivity contribution in [2.75, 3.05) is 19.7 Å². The summed E-state index contributed by atoms with van der Waals surface area (Å²) in [6.07, 6.45) is 1.80. The molecule has 2 amide bonds. The summed E-state index contributed by atoms with van der Waals surface area (Å²) in [6.45, 7) is 2.87. The van der Waals surface area contributed by atoms with Gasteiger partial charge in [0.2, 0.25) is 11.8 Å². The second-order valence-electron chi connectivity index (χ2n) is 6.03. The first-order valence-corrected chi connectivity index (χ1v) is 8.13. The smallest absolute Gasteiger partial charge is 0.260 e. The van der Waals surface area contributed by atoms with Gasteiger partial charge in [0.15, 0.2) is 12.4 Å². The second kappa shape index (κ2) is 7.33. The fourth-order valence-electron chi connectivity index (χ4n) is 2.87. The van der Waals surface area contributed by atoms with Gasteiger partial charge >= 0.3 is 0 Å². The molecule has 132 valence electrons. The molecule has 3 rings (SSSR count). The molecule has 2 heterocycles. The quantitative estimate of drug-likeness (QED) is 0.874. The van der Waals surface area contributed by atoms with Crippen molar-refractivity contribution >= 4 is 11.8 Å². The number of hydrogen-bond acceptors (Lipinski definition) is 6. The van der Waals surface area contributed by atoms with E-state index in [1.54, 1.807) is 30.0 Å². The maximum absolute atomic E-state index is 12.4. The molecular weight excluding hydrogens is 324 g/mol. The van der Waals surface area contributed by atoms with Crippen LogP contribution in [0.5, 0.6) is 5.75 Å². The lowest BCUT2D eigenvalue weighted by Crippen LogP contribution is -2.41. The molecule has 1 atom stereocenters. The van der Waals surface area contributed by atoms with Gasteiger partial charge in [-0.15, -0.1) is 0 Å². The standard InChI is InChI=1S/C17H20N4O4/c1-11-19-17(20-25-11)13-5-3-7-21(9-13)15(22)10-24-14-6-2-4-12(8-14)16(18)23/h2,4,6,8,13H,3,5,7,9-10H2,1H3,(H2,18,23)/t13-/m0/s1.